The molecule has 1 aliphatic rings. The number of aryl methyl sites for hydroxylation is 2. The van der Waals surface area contributed by atoms with E-state index in [-0.39, 0.29) is 0 Å². The third kappa shape index (κ3) is 7.98. The first-order valence-electron chi connectivity index (χ1n) is 13.7. The van der Waals surface area contributed by atoms with Crippen LogP contribution in [0.15, 0.2) is 97.6 Å². The van der Waals surface area contributed by atoms with Gasteiger partial charge in [-0.15, -0.1) is 0 Å². The second kappa shape index (κ2) is 14.2. The lowest BCUT2D eigenvalue weighted by Gasteiger charge is -2.17. The summed E-state index contributed by atoms with van der Waals surface area (Å²) in [7, 11) is 1.66. The zero-order valence-electron chi connectivity index (χ0n) is 23.3. The zero-order valence-corrected chi connectivity index (χ0v) is 23.3. The van der Waals surface area contributed by atoms with E-state index < -0.39 is 0 Å². The Morgan fingerprint density at radius 1 is 0.821 bits per heavy atom. The molecule has 4 aromatic rings. The van der Waals surface area contributed by atoms with Crippen molar-refractivity contribution in [3.63, 3.8) is 0 Å². The first-order valence-corrected chi connectivity index (χ1v) is 13.7. The lowest BCUT2D eigenvalue weighted by atomic mass is 9.97. The Balaban J connectivity index is 0.000000634. The molecule has 0 aliphatic carbocycles. The van der Waals surface area contributed by atoms with Crippen LogP contribution in [-0.4, -0.2) is 20.2 Å². The van der Waals surface area contributed by atoms with Crippen LogP contribution in [0.1, 0.15) is 42.0 Å². The molecular weight excluding hydrogens is 482 g/mol. The molecule has 39 heavy (non-hydrogen) atoms. The summed E-state index contributed by atoms with van der Waals surface area (Å²) in [5, 5.41) is 3.22. The summed E-state index contributed by atoms with van der Waals surface area (Å²) in [5.74, 6) is 2.83. The highest BCUT2D eigenvalue weighted by molar-refractivity contribution is 5.80. The van der Waals surface area contributed by atoms with Gasteiger partial charge in [-0.1, -0.05) is 74.2 Å². The van der Waals surface area contributed by atoms with Crippen molar-refractivity contribution in [3.8, 4) is 28.4 Å². The van der Waals surface area contributed by atoms with Crippen molar-refractivity contribution in [2.45, 2.75) is 39.7 Å². The molecule has 4 heteroatoms. The lowest BCUT2D eigenvalue weighted by molar-refractivity contribution is 0.306. The molecule has 4 aromatic carbocycles. The van der Waals surface area contributed by atoms with Gasteiger partial charge in [0.15, 0.2) is 0 Å². The molecule has 0 spiro atoms. The van der Waals surface area contributed by atoms with Gasteiger partial charge < -0.3 is 19.5 Å². The molecule has 0 amide bonds. The number of benzene rings is 4. The highest BCUT2D eigenvalue weighted by Crippen LogP contribution is 2.34. The maximum atomic E-state index is 6.16. The third-order valence-electron chi connectivity index (χ3n) is 6.79. The van der Waals surface area contributed by atoms with Gasteiger partial charge in [0.05, 0.1) is 7.11 Å². The predicted octanol–water partition coefficient (Wildman–Crippen LogP) is 8.23. The number of nitrogens with one attached hydrogen (secondary N) is 1. The van der Waals surface area contributed by atoms with Gasteiger partial charge in [0.1, 0.15) is 29.6 Å². The minimum Gasteiger partial charge on any atom is -0.496 e. The van der Waals surface area contributed by atoms with Crippen LogP contribution in [0.4, 0.5) is 0 Å². The molecule has 0 bridgehead atoms. The average Bonchev–Trinajstić information content (AvgIpc) is 3.58. The van der Waals surface area contributed by atoms with E-state index >= 15 is 0 Å². The normalized spacial score (nSPS) is 12.3. The molecule has 1 saturated heterocycles. The smallest absolute Gasteiger partial charge is 0.131 e. The fourth-order valence-corrected chi connectivity index (χ4v) is 4.44. The number of hydrogen-bond donors (Lipinski definition) is 1. The minimum absolute atomic E-state index is 0.509. The quantitative estimate of drug-likeness (QED) is 0.225. The molecule has 4 nitrogen and oxygen atoms in total. The summed E-state index contributed by atoms with van der Waals surface area (Å²) in [6, 6.07) is 30.6. The van der Waals surface area contributed by atoms with Gasteiger partial charge in [-0.3, -0.25) is 0 Å². The Bertz CT molecular complexity index is 1330. The number of rotatable bonds is 9. The summed E-state index contributed by atoms with van der Waals surface area (Å²) in [4.78, 5) is 0. The molecule has 0 atom stereocenters. The van der Waals surface area contributed by atoms with Crippen molar-refractivity contribution in [1.29, 1.82) is 0 Å². The van der Waals surface area contributed by atoms with Crippen LogP contribution in [0, 0.1) is 6.92 Å². The fraction of sp³-hybridized carbons (Fsp3) is 0.257. The molecule has 0 aromatic heterocycles. The molecule has 1 heterocycles. The van der Waals surface area contributed by atoms with E-state index in [0.717, 1.165) is 45.7 Å². The van der Waals surface area contributed by atoms with E-state index in [2.05, 4.69) is 61.3 Å². The summed E-state index contributed by atoms with van der Waals surface area (Å²) >= 11 is 0. The Labute approximate surface area is 233 Å². The molecule has 5 rings (SSSR count). The van der Waals surface area contributed by atoms with Crippen molar-refractivity contribution >= 4 is 5.76 Å². The van der Waals surface area contributed by atoms with Crippen molar-refractivity contribution in [3.05, 3.63) is 120 Å². The largest absolute Gasteiger partial charge is 0.496 e. The second-order valence-corrected chi connectivity index (χ2v) is 9.65. The van der Waals surface area contributed by atoms with Gasteiger partial charge in [-0.25, -0.2) is 0 Å². The average molecular weight is 522 g/mol. The van der Waals surface area contributed by atoms with E-state index in [4.69, 9.17) is 14.2 Å². The van der Waals surface area contributed by atoms with Gasteiger partial charge in [-0.05, 0) is 91.4 Å². The summed E-state index contributed by atoms with van der Waals surface area (Å²) in [5.41, 5.74) is 6.49. The molecule has 0 unspecified atom stereocenters. The number of methoxy groups -OCH3 is 1. The number of ether oxygens (including phenoxy) is 3. The van der Waals surface area contributed by atoms with Crippen LogP contribution >= 0.6 is 0 Å². The Morgan fingerprint density at radius 2 is 1.54 bits per heavy atom. The maximum Gasteiger partial charge on any atom is 0.131 e. The van der Waals surface area contributed by atoms with Gasteiger partial charge >= 0.3 is 0 Å². The lowest BCUT2D eigenvalue weighted by Crippen LogP contribution is -2.03. The predicted molar refractivity (Wildman–Crippen MR) is 162 cm³/mol. The topological polar surface area (TPSA) is 39.7 Å². The van der Waals surface area contributed by atoms with E-state index in [1.165, 1.54) is 31.5 Å². The van der Waals surface area contributed by atoms with Gasteiger partial charge in [-0.2, -0.15) is 0 Å². The Kier molecular flexibility index (Phi) is 10.2. The van der Waals surface area contributed by atoms with E-state index in [1.54, 1.807) is 7.11 Å². The monoisotopic (exact) mass is 521 g/mol. The van der Waals surface area contributed by atoms with E-state index in [1.807, 2.05) is 55.5 Å². The van der Waals surface area contributed by atoms with Gasteiger partial charge in [0.25, 0.3) is 0 Å². The molecule has 1 fully saturated rings. The number of hydrogen-bond acceptors (Lipinski definition) is 4. The first-order chi connectivity index (χ1) is 19.1. The Hall–Kier alpha value is -4.02. The van der Waals surface area contributed by atoms with Crippen LogP contribution in [0.5, 0.6) is 17.2 Å². The molecule has 0 saturated carbocycles. The zero-order chi connectivity index (χ0) is 27.5. The van der Waals surface area contributed by atoms with Crippen LogP contribution in [-0.2, 0) is 13.0 Å². The highest BCUT2D eigenvalue weighted by atomic mass is 16.5. The Morgan fingerprint density at radius 3 is 2.18 bits per heavy atom. The third-order valence-corrected chi connectivity index (χ3v) is 6.79. The molecular formula is C35H39NO3. The molecule has 1 aliphatic heterocycles. The summed E-state index contributed by atoms with van der Waals surface area (Å²) < 4.78 is 17.7. The first kappa shape index (κ1) is 28.0. The van der Waals surface area contributed by atoms with Gasteiger partial charge in [0.2, 0.25) is 0 Å². The van der Waals surface area contributed by atoms with Crippen LogP contribution < -0.4 is 19.5 Å². The van der Waals surface area contributed by atoms with E-state index in [9.17, 15) is 0 Å². The maximum absolute atomic E-state index is 6.16. The van der Waals surface area contributed by atoms with Crippen molar-refractivity contribution in [2.75, 3.05) is 20.2 Å². The highest BCUT2D eigenvalue weighted by Gasteiger charge is 2.13. The minimum atomic E-state index is 0.509. The van der Waals surface area contributed by atoms with Crippen molar-refractivity contribution in [1.82, 2.24) is 5.32 Å². The van der Waals surface area contributed by atoms with Crippen molar-refractivity contribution < 1.29 is 14.2 Å². The molecule has 0 radical (unpaired) electrons. The standard InChI is InChI=1S/C31H30O3.C4H9N/c1-5-24-12-14-26(15-13-24)30-19-27(33-21-25-9-7-6-8-10-25)17-18-29(30)23(3)34-28-16-11-22(2)31(20-28)32-4;1-2-4-5-3-1/h6-20H,3,5,21H2,1-2,4H3;5H,1-4H2. The molecule has 1 N–H and O–H groups in total. The van der Waals surface area contributed by atoms with Crippen LogP contribution in [0.2, 0.25) is 0 Å². The van der Waals surface area contributed by atoms with E-state index in [0.29, 0.717) is 18.1 Å². The summed E-state index contributed by atoms with van der Waals surface area (Å²) in [6.07, 6.45) is 3.78. The van der Waals surface area contributed by atoms with Crippen LogP contribution in [0.25, 0.3) is 16.9 Å². The van der Waals surface area contributed by atoms with Crippen molar-refractivity contribution in [2.24, 2.45) is 0 Å². The second-order valence-electron chi connectivity index (χ2n) is 9.65. The fourth-order valence-electron chi connectivity index (χ4n) is 4.44. The van der Waals surface area contributed by atoms with Gasteiger partial charge in [0, 0.05) is 11.6 Å². The van der Waals surface area contributed by atoms with Crippen LogP contribution in [0.3, 0.4) is 0 Å². The molecule has 202 valence electrons. The summed E-state index contributed by atoms with van der Waals surface area (Å²) in [6.45, 7) is 11.4. The SMILES string of the molecule is C1CCNC1.C=C(Oc1ccc(C)c(OC)c1)c1ccc(OCc2ccccc2)cc1-c1ccc(CC)cc1.